The Bertz CT molecular complexity index is 970. The average Bonchev–Trinajstić information content (AvgIpc) is 2.72. The van der Waals surface area contributed by atoms with Gasteiger partial charge in [-0.15, -0.1) is 0 Å². The fraction of sp³-hybridized carbons (Fsp3) is 0.0833. The molecule has 3 heteroatoms. The Morgan fingerprint density at radius 3 is 1.48 bits per heavy atom. The minimum absolute atomic E-state index is 0.972. The van der Waals surface area contributed by atoms with Crippen LogP contribution >= 0.6 is 0 Å². The molecule has 0 fully saturated rings. The van der Waals surface area contributed by atoms with Gasteiger partial charge in [0.15, 0.2) is 0 Å². The summed E-state index contributed by atoms with van der Waals surface area (Å²) in [4.78, 5) is 8.92. The summed E-state index contributed by atoms with van der Waals surface area (Å²) in [6.07, 6.45) is 3.64. The lowest BCUT2D eigenvalue weighted by Gasteiger charge is -2.15. The van der Waals surface area contributed by atoms with E-state index >= 15 is 0 Å². The smallest absolute Gasteiger partial charge is 0.0702 e. The molecule has 0 aliphatic carbocycles. The zero-order chi connectivity index (χ0) is 18.6. The Morgan fingerprint density at radius 2 is 1.07 bits per heavy atom. The molecule has 2 aromatic heterocycles. The van der Waals surface area contributed by atoms with Gasteiger partial charge in [0, 0.05) is 34.9 Å². The summed E-state index contributed by atoms with van der Waals surface area (Å²) in [6, 6.07) is 24.7. The first kappa shape index (κ1) is 17.0. The zero-order valence-electron chi connectivity index (χ0n) is 15.5. The number of hydrogen-bond acceptors (Lipinski definition) is 3. The first-order chi connectivity index (χ1) is 13.2. The normalized spacial score (nSPS) is 10.6. The van der Waals surface area contributed by atoms with E-state index in [1.54, 1.807) is 0 Å². The van der Waals surface area contributed by atoms with Gasteiger partial charge in [-0.1, -0.05) is 36.4 Å². The van der Waals surface area contributed by atoms with E-state index < -0.39 is 0 Å². The number of nitrogens with zero attached hydrogens (tertiary/aromatic N) is 2. The van der Waals surface area contributed by atoms with Crippen molar-refractivity contribution >= 4 is 11.4 Å². The highest BCUT2D eigenvalue weighted by molar-refractivity contribution is 5.75. The van der Waals surface area contributed by atoms with Crippen molar-refractivity contribution in [1.82, 2.24) is 9.97 Å². The second-order valence-corrected chi connectivity index (χ2v) is 6.61. The van der Waals surface area contributed by atoms with E-state index in [-0.39, 0.29) is 0 Å². The van der Waals surface area contributed by atoms with E-state index in [0.29, 0.717) is 0 Å². The maximum Gasteiger partial charge on any atom is 0.0702 e. The summed E-state index contributed by atoms with van der Waals surface area (Å²) < 4.78 is 0. The number of aryl methyl sites for hydroxylation is 2. The lowest BCUT2D eigenvalue weighted by atomic mass is 10.0. The van der Waals surface area contributed by atoms with Crippen LogP contribution in [-0.2, 0) is 0 Å². The van der Waals surface area contributed by atoms with Crippen LogP contribution in [0.4, 0.5) is 11.4 Å². The van der Waals surface area contributed by atoms with Gasteiger partial charge in [0.05, 0.1) is 11.4 Å². The molecule has 27 heavy (non-hydrogen) atoms. The van der Waals surface area contributed by atoms with Crippen LogP contribution in [0.1, 0.15) is 11.1 Å². The van der Waals surface area contributed by atoms with Crippen molar-refractivity contribution in [3.05, 3.63) is 96.3 Å². The molecule has 0 spiro atoms. The predicted octanol–water partition coefficient (Wildman–Crippen LogP) is 6.17. The minimum atomic E-state index is 0.972. The van der Waals surface area contributed by atoms with Crippen molar-refractivity contribution in [2.45, 2.75) is 13.8 Å². The molecule has 0 atom stereocenters. The van der Waals surface area contributed by atoms with Gasteiger partial charge >= 0.3 is 0 Å². The molecule has 0 unspecified atom stereocenters. The largest absolute Gasteiger partial charge is 0.355 e. The lowest BCUT2D eigenvalue weighted by molar-refractivity contribution is 1.31. The Labute approximate surface area is 159 Å². The maximum atomic E-state index is 4.46. The van der Waals surface area contributed by atoms with E-state index in [4.69, 9.17) is 0 Å². The van der Waals surface area contributed by atoms with Crippen molar-refractivity contribution in [3.63, 3.8) is 0 Å². The number of hydrogen-bond donors (Lipinski definition) is 1. The third-order valence-corrected chi connectivity index (χ3v) is 4.67. The van der Waals surface area contributed by atoms with Gasteiger partial charge in [0.25, 0.3) is 0 Å². The van der Waals surface area contributed by atoms with Gasteiger partial charge in [-0.3, -0.25) is 9.97 Å². The van der Waals surface area contributed by atoms with Crippen LogP contribution in [0.3, 0.4) is 0 Å². The fourth-order valence-electron chi connectivity index (χ4n) is 3.04. The van der Waals surface area contributed by atoms with E-state index in [2.05, 4.69) is 65.5 Å². The number of pyridine rings is 2. The van der Waals surface area contributed by atoms with Crippen LogP contribution in [0.25, 0.3) is 22.5 Å². The molecule has 4 rings (SSSR count). The summed E-state index contributed by atoms with van der Waals surface area (Å²) in [5, 5.41) is 3.61. The first-order valence-corrected chi connectivity index (χ1v) is 9.02. The van der Waals surface area contributed by atoms with E-state index in [1.165, 1.54) is 11.1 Å². The Balaban J connectivity index is 1.70. The number of nitrogens with one attached hydrogen (secondary N) is 1. The highest BCUT2D eigenvalue weighted by Gasteiger charge is 2.07. The molecular weight excluding hydrogens is 330 g/mol. The van der Waals surface area contributed by atoms with Crippen molar-refractivity contribution in [2.24, 2.45) is 0 Å². The van der Waals surface area contributed by atoms with Gasteiger partial charge in [-0.05, 0) is 61.4 Å². The van der Waals surface area contributed by atoms with Gasteiger partial charge in [0.2, 0.25) is 0 Å². The minimum Gasteiger partial charge on any atom is -0.355 e. The van der Waals surface area contributed by atoms with Crippen molar-refractivity contribution in [2.75, 3.05) is 5.32 Å². The molecule has 0 aliphatic heterocycles. The van der Waals surface area contributed by atoms with Crippen molar-refractivity contribution < 1.29 is 0 Å². The second kappa shape index (κ2) is 7.42. The standard InChI is InChI=1S/C24H21N3/c1-17-9-11-19(21-7-3-5-13-25-21)15-23(17)27-24-16-20(12-10-18(24)2)22-8-4-6-14-26-22/h3-16,27H,1-2H3. The Morgan fingerprint density at radius 1 is 0.593 bits per heavy atom. The molecule has 0 radical (unpaired) electrons. The predicted molar refractivity (Wildman–Crippen MR) is 112 cm³/mol. The van der Waals surface area contributed by atoms with Gasteiger partial charge < -0.3 is 5.32 Å². The first-order valence-electron chi connectivity index (χ1n) is 9.02. The molecular formula is C24H21N3. The van der Waals surface area contributed by atoms with E-state index in [1.807, 2.05) is 48.8 Å². The average molecular weight is 351 g/mol. The third kappa shape index (κ3) is 3.72. The summed E-state index contributed by atoms with van der Waals surface area (Å²) >= 11 is 0. The summed E-state index contributed by atoms with van der Waals surface area (Å²) in [6.45, 7) is 4.23. The van der Waals surface area contributed by atoms with Crippen LogP contribution < -0.4 is 5.32 Å². The molecule has 2 aromatic carbocycles. The molecule has 132 valence electrons. The monoisotopic (exact) mass is 351 g/mol. The van der Waals surface area contributed by atoms with Crippen LogP contribution in [0.15, 0.2) is 85.2 Å². The van der Waals surface area contributed by atoms with Crippen LogP contribution in [-0.4, -0.2) is 9.97 Å². The van der Waals surface area contributed by atoms with E-state index in [9.17, 15) is 0 Å². The molecule has 3 nitrogen and oxygen atoms in total. The fourth-order valence-corrected chi connectivity index (χ4v) is 3.04. The lowest BCUT2D eigenvalue weighted by Crippen LogP contribution is -1.97. The SMILES string of the molecule is Cc1ccc(-c2ccccn2)cc1Nc1cc(-c2ccccn2)ccc1C. The van der Waals surface area contributed by atoms with Gasteiger partial charge in [-0.25, -0.2) is 0 Å². The number of benzene rings is 2. The molecule has 0 saturated carbocycles. The second-order valence-electron chi connectivity index (χ2n) is 6.61. The highest BCUT2D eigenvalue weighted by Crippen LogP contribution is 2.30. The van der Waals surface area contributed by atoms with Crippen LogP contribution in [0.2, 0.25) is 0 Å². The number of rotatable bonds is 4. The zero-order valence-corrected chi connectivity index (χ0v) is 15.5. The Hall–Kier alpha value is -3.46. The summed E-state index contributed by atoms with van der Waals surface area (Å²) in [5.41, 5.74) is 8.69. The van der Waals surface area contributed by atoms with Crippen molar-refractivity contribution in [1.29, 1.82) is 0 Å². The molecule has 0 saturated heterocycles. The topological polar surface area (TPSA) is 37.8 Å². The van der Waals surface area contributed by atoms with Gasteiger partial charge in [0.1, 0.15) is 0 Å². The molecule has 2 heterocycles. The molecule has 1 N–H and O–H groups in total. The number of anilines is 2. The van der Waals surface area contributed by atoms with Gasteiger partial charge in [-0.2, -0.15) is 0 Å². The highest BCUT2D eigenvalue weighted by atomic mass is 14.9. The molecule has 0 amide bonds. The Kier molecular flexibility index (Phi) is 4.67. The maximum absolute atomic E-state index is 4.46. The third-order valence-electron chi connectivity index (χ3n) is 4.67. The van der Waals surface area contributed by atoms with E-state index in [0.717, 1.165) is 33.9 Å². The molecule has 0 bridgehead atoms. The van der Waals surface area contributed by atoms with Crippen LogP contribution in [0.5, 0.6) is 0 Å². The summed E-state index contributed by atoms with van der Waals surface area (Å²) in [7, 11) is 0. The summed E-state index contributed by atoms with van der Waals surface area (Å²) in [5.74, 6) is 0. The quantitative estimate of drug-likeness (QED) is 0.478. The molecule has 4 aromatic rings. The molecule has 0 aliphatic rings. The van der Waals surface area contributed by atoms with Crippen molar-refractivity contribution in [3.8, 4) is 22.5 Å². The number of aromatic nitrogens is 2. The van der Waals surface area contributed by atoms with Crippen LogP contribution in [0, 0.1) is 13.8 Å².